The molecule has 2 heterocycles. The third-order valence-corrected chi connectivity index (χ3v) is 5.40. The molecule has 0 unspecified atom stereocenters. The van der Waals surface area contributed by atoms with Crippen molar-refractivity contribution in [2.75, 3.05) is 24.2 Å². The van der Waals surface area contributed by atoms with Gasteiger partial charge in [0, 0.05) is 41.7 Å². The lowest BCUT2D eigenvalue weighted by Gasteiger charge is -2.34. The summed E-state index contributed by atoms with van der Waals surface area (Å²) in [6, 6.07) is 12.4. The lowest BCUT2D eigenvalue weighted by atomic mass is 10.1. The molecule has 1 amide bonds. The van der Waals surface area contributed by atoms with Crippen LogP contribution < -0.4 is 5.32 Å². The predicted molar refractivity (Wildman–Crippen MR) is 100 cm³/mol. The number of benzene rings is 1. The Labute approximate surface area is 147 Å². The largest absolute Gasteiger partial charge is 0.349 e. The van der Waals surface area contributed by atoms with Crippen LogP contribution in [0, 0.1) is 0 Å². The van der Waals surface area contributed by atoms with Gasteiger partial charge in [-0.25, -0.2) is 0 Å². The van der Waals surface area contributed by atoms with Gasteiger partial charge >= 0.3 is 0 Å². The first-order chi connectivity index (χ1) is 11.7. The van der Waals surface area contributed by atoms with Gasteiger partial charge in [-0.1, -0.05) is 18.2 Å². The van der Waals surface area contributed by atoms with E-state index in [-0.39, 0.29) is 11.9 Å². The first-order valence-electron chi connectivity index (χ1n) is 8.20. The van der Waals surface area contributed by atoms with Crippen LogP contribution >= 0.6 is 11.8 Å². The summed E-state index contributed by atoms with van der Waals surface area (Å²) in [4.78, 5) is 15.8. The molecule has 24 heavy (non-hydrogen) atoms. The van der Waals surface area contributed by atoms with Gasteiger partial charge in [0.2, 0.25) is 5.91 Å². The lowest BCUT2D eigenvalue weighted by Crippen LogP contribution is -2.41. The van der Waals surface area contributed by atoms with E-state index in [0.29, 0.717) is 6.54 Å². The molecule has 0 aliphatic carbocycles. The van der Waals surface area contributed by atoms with Gasteiger partial charge < -0.3 is 9.88 Å². The minimum absolute atomic E-state index is 0.0357. The summed E-state index contributed by atoms with van der Waals surface area (Å²) in [6.45, 7) is 8.15. The van der Waals surface area contributed by atoms with Crippen LogP contribution in [-0.4, -0.2) is 34.2 Å². The van der Waals surface area contributed by atoms with E-state index >= 15 is 0 Å². The molecule has 0 saturated carbocycles. The van der Waals surface area contributed by atoms with Crippen LogP contribution in [0.25, 0.3) is 0 Å². The first-order valence-corrected chi connectivity index (χ1v) is 9.19. The summed E-state index contributed by atoms with van der Waals surface area (Å²) >= 11 is 1.68. The molecule has 0 fully saturated rings. The molecular weight excluding hydrogens is 318 g/mol. The van der Waals surface area contributed by atoms with Crippen LogP contribution in [0.1, 0.15) is 18.7 Å². The number of nitrogens with one attached hydrogen (secondary N) is 1. The maximum absolute atomic E-state index is 12.5. The fraction of sp³-hybridized carbons (Fsp3) is 0.316. The quantitative estimate of drug-likeness (QED) is 0.642. The van der Waals surface area contributed by atoms with Gasteiger partial charge in [-0.15, -0.1) is 18.3 Å². The van der Waals surface area contributed by atoms with Crippen molar-refractivity contribution >= 4 is 23.4 Å². The van der Waals surface area contributed by atoms with Crippen LogP contribution in [0.3, 0.4) is 0 Å². The third kappa shape index (κ3) is 3.74. The van der Waals surface area contributed by atoms with Gasteiger partial charge in [-0.05, 0) is 31.2 Å². The average molecular weight is 341 g/mol. The minimum atomic E-state index is 0.0357. The molecule has 126 valence electrons. The standard InChI is InChI=1S/C19H23N3OS/c1-3-13-24-18-9-5-4-7-16(18)20-19(23)14-22-12-11-21-10-6-8-17(21)15(22)2/h3-10,15H,1,11-14H2,2H3,(H,20,23)/t15-/m0/s1. The molecule has 0 spiro atoms. The summed E-state index contributed by atoms with van der Waals surface area (Å²) < 4.78 is 2.26. The fourth-order valence-electron chi connectivity index (χ4n) is 3.06. The second kappa shape index (κ2) is 7.73. The number of anilines is 1. The number of rotatable bonds is 6. The highest BCUT2D eigenvalue weighted by Crippen LogP contribution is 2.28. The minimum Gasteiger partial charge on any atom is -0.349 e. The van der Waals surface area contributed by atoms with Crippen LogP contribution in [0.4, 0.5) is 5.69 Å². The molecule has 5 heteroatoms. The highest BCUT2D eigenvalue weighted by atomic mass is 32.2. The predicted octanol–water partition coefficient (Wildman–Crippen LogP) is 3.78. The number of fused-ring (bicyclic) bond motifs is 1. The Morgan fingerprint density at radius 1 is 1.33 bits per heavy atom. The van der Waals surface area contributed by atoms with E-state index in [1.807, 2.05) is 30.3 Å². The van der Waals surface area contributed by atoms with E-state index < -0.39 is 0 Å². The fourth-order valence-corrected chi connectivity index (χ4v) is 3.81. The molecule has 1 atom stereocenters. The molecule has 1 aliphatic rings. The molecule has 0 bridgehead atoms. The van der Waals surface area contributed by atoms with Crippen molar-refractivity contribution in [1.29, 1.82) is 0 Å². The van der Waals surface area contributed by atoms with Crippen molar-refractivity contribution in [2.45, 2.75) is 24.4 Å². The van der Waals surface area contributed by atoms with Crippen molar-refractivity contribution in [2.24, 2.45) is 0 Å². The normalized spacial score (nSPS) is 17.3. The second-order valence-corrected chi connectivity index (χ2v) is 6.98. The Hall–Kier alpha value is -1.98. The van der Waals surface area contributed by atoms with E-state index in [4.69, 9.17) is 0 Å². The summed E-state index contributed by atoms with van der Waals surface area (Å²) in [5, 5.41) is 3.06. The Bertz CT molecular complexity index is 725. The highest BCUT2D eigenvalue weighted by Gasteiger charge is 2.25. The van der Waals surface area contributed by atoms with E-state index in [1.165, 1.54) is 5.69 Å². The number of thioether (sulfide) groups is 1. The smallest absolute Gasteiger partial charge is 0.238 e. The molecule has 1 aromatic carbocycles. The molecule has 0 radical (unpaired) electrons. The van der Waals surface area contributed by atoms with Crippen LogP contribution in [-0.2, 0) is 11.3 Å². The average Bonchev–Trinajstić information content (AvgIpc) is 3.06. The SMILES string of the molecule is C=CCSc1ccccc1NC(=O)CN1CCn2cccc2[C@@H]1C. The zero-order valence-electron chi connectivity index (χ0n) is 13.9. The van der Waals surface area contributed by atoms with Gasteiger partial charge in [-0.2, -0.15) is 0 Å². The van der Waals surface area contributed by atoms with Crippen molar-refractivity contribution in [3.63, 3.8) is 0 Å². The molecule has 4 nitrogen and oxygen atoms in total. The van der Waals surface area contributed by atoms with Crippen LogP contribution in [0.2, 0.25) is 0 Å². The number of hydrogen-bond donors (Lipinski definition) is 1. The summed E-state index contributed by atoms with van der Waals surface area (Å²) in [6.07, 6.45) is 3.98. The number of carbonyl (C=O) groups excluding carboxylic acids is 1. The lowest BCUT2D eigenvalue weighted by molar-refractivity contribution is -0.118. The van der Waals surface area contributed by atoms with E-state index in [2.05, 4.69) is 46.6 Å². The number of aromatic nitrogens is 1. The molecule has 1 aromatic heterocycles. The van der Waals surface area contributed by atoms with Crippen molar-refractivity contribution in [1.82, 2.24) is 9.47 Å². The van der Waals surface area contributed by atoms with Crippen LogP contribution in [0.15, 0.2) is 60.1 Å². The number of carbonyl (C=O) groups is 1. The highest BCUT2D eigenvalue weighted by molar-refractivity contribution is 7.99. The number of nitrogens with zero attached hydrogens (tertiary/aromatic N) is 2. The summed E-state index contributed by atoms with van der Waals surface area (Å²) in [5.74, 6) is 0.862. The zero-order valence-corrected chi connectivity index (χ0v) is 14.8. The second-order valence-electron chi connectivity index (χ2n) is 5.92. The molecule has 1 N–H and O–H groups in total. The zero-order chi connectivity index (χ0) is 16.9. The Morgan fingerprint density at radius 2 is 2.17 bits per heavy atom. The van der Waals surface area contributed by atoms with Crippen molar-refractivity contribution < 1.29 is 4.79 Å². The number of hydrogen-bond acceptors (Lipinski definition) is 3. The van der Waals surface area contributed by atoms with E-state index in [9.17, 15) is 4.79 Å². The van der Waals surface area contributed by atoms with E-state index in [0.717, 1.165) is 29.4 Å². The molecule has 0 saturated heterocycles. The first kappa shape index (κ1) is 16.9. The van der Waals surface area contributed by atoms with Crippen LogP contribution in [0.5, 0.6) is 0 Å². The van der Waals surface area contributed by atoms with E-state index in [1.54, 1.807) is 11.8 Å². The molecular formula is C19H23N3OS. The Kier molecular flexibility index (Phi) is 5.43. The van der Waals surface area contributed by atoms with Crippen molar-refractivity contribution in [3.05, 3.63) is 60.9 Å². The maximum Gasteiger partial charge on any atom is 0.238 e. The molecule has 1 aliphatic heterocycles. The van der Waals surface area contributed by atoms with Gasteiger partial charge in [-0.3, -0.25) is 9.69 Å². The summed E-state index contributed by atoms with van der Waals surface area (Å²) in [7, 11) is 0. The Morgan fingerprint density at radius 3 is 3.00 bits per heavy atom. The van der Waals surface area contributed by atoms with Gasteiger partial charge in [0.1, 0.15) is 0 Å². The number of para-hydroxylation sites is 1. The number of amides is 1. The third-order valence-electron chi connectivity index (χ3n) is 4.33. The van der Waals surface area contributed by atoms with Gasteiger partial charge in [0.05, 0.1) is 12.2 Å². The monoisotopic (exact) mass is 341 g/mol. The van der Waals surface area contributed by atoms with Gasteiger partial charge in [0.25, 0.3) is 0 Å². The molecule has 2 aromatic rings. The topological polar surface area (TPSA) is 37.3 Å². The van der Waals surface area contributed by atoms with Gasteiger partial charge in [0.15, 0.2) is 0 Å². The summed E-state index contributed by atoms with van der Waals surface area (Å²) in [5.41, 5.74) is 2.15. The van der Waals surface area contributed by atoms with Crippen molar-refractivity contribution in [3.8, 4) is 0 Å². The maximum atomic E-state index is 12.5. The molecule has 3 rings (SSSR count). The Balaban J connectivity index is 1.63.